The molecule has 0 spiro atoms. The van der Waals surface area contributed by atoms with E-state index in [1.54, 1.807) is 36.4 Å². The summed E-state index contributed by atoms with van der Waals surface area (Å²) in [5.74, 6) is 0.187. The number of benzene rings is 2. The molecule has 1 heterocycles. The number of carbonyl (C=O) groups is 1. The van der Waals surface area contributed by atoms with Crippen LogP contribution in [0, 0.1) is 11.3 Å². The highest BCUT2D eigenvalue weighted by Crippen LogP contribution is 2.25. The van der Waals surface area contributed by atoms with Gasteiger partial charge in [0.25, 0.3) is 5.91 Å². The van der Waals surface area contributed by atoms with E-state index in [0.29, 0.717) is 22.0 Å². The zero-order valence-electron chi connectivity index (χ0n) is 13.3. The van der Waals surface area contributed by atoms with E-state index in [-0.39, 0.29) is 5.91 Å². The number of nitrogens with zero attached hydrogens (tertiary/aromatic N) is 2. The van der Waals surface area contributed by atoms with E-state index >= 15 is 0 Å². The van der Waals surface area contributed by atoms with Gasteiger partial charge in [-0.15, -0.1) is 11.3 Å². The first-order valence-corrected chi connectivity index (χ1v) is 8.24. The van der Waals surface area contributed by atoms with E-state index < -0.39 is 0 Å². The standard InChI is InChI=1S/C18H14N4O2S/c1-24-16-5-3-2-4-14(16)17(23)21-22-18-20-15(11-25-18)13-8-6-12(10-19)7-9-13/h2-9,11H,1H3,(H,20,22)(H,21,23). The molecular formula is C18H14N4O2S. The van der Waals surface area contributed by atoms with Gasteiger partial charge in [-0.25, -0.2) is 4.98 Å². The van der Waals surface area contributed by atoms with Crippen LogP contribution in [0.15, 0.2) is 53.9 Å². The number of amides is 1. The van der Waals surface area contributed by atoms with Crippen molar-refractivity contribution < 1.29 is 9.53 Å². The van der Waals surface area contributed by atoms with Gasteiger partial charge in [0.1, 0.15) is 5.75 Å². The molecule has 0 bridgehead atoms. The first-order chi connectivity index (χ1) is 12.2. The average molecular weight is 350 g/mol. The molecule has 1 aromatic heterocycles. The number of rotatable bonds is 5. The van der Waals surface area contributed by atoms with Gasteiger partial charge in [0, 0.05) is 10.9 Å². The fourth-order valence-corrected chi connectivity index (χ4v) is 2.86. The van der Waals surface area contributed by atoms with Gasteiger partial charge in [-0.2, -0.15) is 5.26 Å². The summed E-state index contributed by atoms with van der Waals surface area (Å²) in [6, 6.07) is 16.2. The van der Waals surface area contributed by atoms with Crippen LogP contribution in [-0.4, -0.2) is 18.0 Å². The molecule has 0 aliphatic carbocycles. The van der Waals surface area contributed by atoms with Gasteiger partial charge in [-0.3, -0.25) is 15.6 Å². The molecule has 124 valence electrons. The Morgan fingerprint density at radius 2 is 1.96 bits per heavy atom. The highest BCUT2D eigenvalue weighted by Gasteiger charge is 2.12. The number of aromatic nitrogens is 1. The second-order valence-electron chi connectivity index (χ2n) is 5.01. The SMILES string of the molecule is COc1ccccc1C(=O)NNc1nc(-c2ccc(C#N)cc2)cs1. The second-order valence-corrected chi connectivity index (χ2v) is 5.86. The molecule has 0 saturated heterocycles. The van der Waals surface area contributed by atoms with Crippen molar-refractivity contribution >= 4 is 22.4 Å². The quantitative estimate of drug-likeness (QED) is 0.688. The number of thiazole rings is 1. The van der Waals surface area contributed by atoms with Crippen molar-refractivity contribution in [3.05, 3.63) is 65.0 Å². The number of methoxy groups -OCH3 is 1. The van der Waals surface area contributed by atoms with Gasteiger partial charge in [0.05, 0.1) is 30.0 Å². The van der Waals surface area contributed by atoms with Crippen LogP contribution in [0.1, 0.15) is 15.9 Å². The van der Waals surface area contributed by atoms with E-state index in [4.69, 9.17) is 10.00 Å². The van der Waals surface area contributed by atoms with Crippen molar-refractivity contribution in [3.8, 4) is 23.1 Å². The summed E-state index contributed by atoms with van der Waals surface area (Å²) < 4.78 is 5.17. The number of hydrogen-bond donors (Lipinski definition) is 2. The van der Waals surface area contributed by atoms with Crippen molar-refractivity contribution in [2.24, 2.45) is 0 Å². The lowest BCUT2D eigenvalue weighted by molar-refractivity contribution is 0.0959. The molecule has 2 aromatic carbocycles. The summed E-state index contributed by atoms with van der Waals surface area (Å²) in [5, 5.41) is 11.3. The summed E-state index contributed by atoms with van der Waals surface area (Å²) in [6.45, 7) is 0. The highest BCUT2D eigenvalue weighted by atomic mass is 32.1. The average Bonchev–Trinajstić information content (AvgIpc) is 3.15. The van der Waals surface area contributed by atoms with Gasteiger partial charge in [-0.05, 0) is 24.3 Å². The summed E-state index contributed by atoms with van der Waals surface area (Å²) in [6.07, 6.45) is 0. The van der Waals surface area contributed by atoms with E-state index in [9.17, 15) is 4.79 Å². The Labute approximate surface area is 148 Å². The van der Waals surface area contributed by atoms with Crippen LogP contribution in [-0.2, 0) is 0 Å². The number of ether oxygens (including phenoxy) is 1. The Hall–Kier alpha value is -3.37. The molecule has 0 radical (unpaired) electrons. The molecule has 25 heavy (non-hydrogen) atoms. The zero-order valence-corrected chi connectivity index (χ0v) is 14.1. The smallest absolute Gasteiger partial charge is 0.273 e. The lowest BCUT2D eigenvalue weighted by atomic mass is 10.1. The van der Waals surface area contributed by atoms with Crippen LogP contribution in [0.4, 0.5) is 5.13 Å². The van der Waals surface area contributed by atoms with E-state index in [1.807, 2.05) is 17.5 Å². The van der Waals surface area contributed by atoms with Gasteiger partial charge >= 0.3 is 0 Å². The molecule has 1 amide bonds. The summed E-state index contributed by atoms with van der Waals surface area (Å²) in [4.78, 5) is 16.7. The largest absolute Gasteiger partial charge is 0.496 e. The van der Waals surface area contributed by atoms with Crippen LogP contribution >= 0.6 is 11.3 Å². The predicted molar refractivity (Wildman–Crippen MR) is 96.3 cm³/mol. The van der Waals surface area contributed by atoms with Crippen molar-refractivity contribution in [1.29, 1.82) is 5.26 Å². The fraction of sp³-hybridized carbons (Fsp3) is 0.0556. The molecule has 3 aromatic rings. The predicted octanol–water partition coefficient (Wildman–Crippen LogP) is 3.45. The van der Waals surface area contributed by atoms with Crippen molar-refractivity contribution in [3.63, 3.8) is 0 Å². The number of hydrogen-bond acceptors (Lipinski definition) is 6. The van der Waals surface area contributed by atoms with Crippen LogP contribution in [0.2, 0.25) is 0 Å². The summed E-state index contributed by atoms with van der Waals surface area (Å²) in [5.41, 5.74) is 8.12. The minimum absolute atomic E-state index is 0.312. The maximum atomic E-state index is 12.2. The number of para-hydroxylation sites is 1. The van der Waals surface area contributed by atoms with E-state index in [1.165, 1.54) is 18.4 Å². The molecule has 0 unspecified atom stereocenters. The molecule has 7 heteroatoms. The molecule has 0 aliphatic rings. The molecule has 2 N–H and O–H groups in total. The Morgan fingerprint density at radius 3 is 2.68 bits per heavy atom. The Balaban J connectivity index is 1.67. The zero-order chi connectivity index (χ0) is 17.6. The maximum absolute atomic E-state index is 12.2. The van der Waals surface area contributed by atoms with Gasteiger partial charge < -0.3 is 4.74 Å². The van der Waals surface area contributed by atoms with Gasteiger partial charge in [0.15, 0.2) is 0 Å². The number of nitriles is 1. The van der Waals surface area contributed by atoms with Crippen LogP contribution < -0.4 is 15.6 Å². The van der Waals surface area contributed by atoms with Crippen LogP contribution in [0.3, 0.4) is 0 Å². The first kappa shape index (κ1) is 16.5. The summed E-state index contributed by atoms with van der Waals surface area (Å²) in [7, 11) is 1.52. The third-order valence-corrected chi connectivity index (χ3v) is 4.21. The Bertz CT molecular complexity index is 929. The number of hydrazine groups is 1. The van der Waals surface area contributed by atoms with E-state index in [2.05, 4.69) is 21.9 Å². The first-order valence-electron chi connectivity index (χ1n) is 7.36. The van der Waals surface area contributed by atoms with Crippen molar-refractivity contribution in [1.82, 2.24) is 10.4 Å². The third kappa shape index (κ3) is 3.76. The summed E-state index contributed by atoms with van der Waals surface area (Å²) >= 11 is 1.37. The Kier molecular flexibility index (Phi) is 4.92. The van der Waals surface area contributed by atoms with Crippen LogP contribution in [0.25, 0.3) is 11.3 Å². The lowest BCUT2D eigenvalue weighted by Crippen LogP contribution is -2.29. The molecule has 0 saturated carbocycles. The monoisotopic (exact) mass is 350 g/mol. The van der Waals surface area contributed by atoms with Crippen LogP contribution in [0.5, 0.6) is 5.75 Å². The van der Waals surface area contributed by atoms with Crippen molar-refractivity contribution in [2.75, 3.05) is 12.5 Å². The third-order valence-electron chi connectivity index (χ3n) is 3.45. The molecule has 0 aliphatic heterocycles. The minimum Gasteiger partial charge on any atom is -0.496 e. The number of carbonyl (C=O) groups excluding carboxylic acids is 1. The topological polar surface area (TPSA) is 87.0 Å². The number of nitrogens with one attached hydrogen (secondary N) is 2. The second kappa shape index (κ2) is 7.47. The van der Waals surface area contributed by atoms with Gasteiger partial charge in [0.2, 0.25) is 5.13 Å². The molecular weight excluding hydrogens is 336 g/mol. The molecule has 3 rings (SSSR count). The lowest BCUT2D eigenvalue weighted by Gasteiger charge is -2.09. The Morgan fingerprint density at radius 1 is 1.20 bits per heavy atom. The molecule has 6 nitrogen and oxygen atoms in total. The highest BCUT2D eigenvalue weighted by molar-refractivity contribution is 7.14. The van der Waals surface area contributed by atoms with Crippen molar-refractivity contribution in [2.45, 2.75) is 0 Å². The minimum atomic E-state index is -0.312. The number of anilines is 1. The molecule has 0 atom stereocenters. The maximum Gasteiger partial charge on any atom is 0.273 e. The molecule has 0 fully saturated rings. The normalized spacial score (nSPS) is 9.92. The van der Waals surface area contributed by atoms with E-state index in [0.717, 1.165) is 11.3 Å². The van der Waals surface area contributed by atoms with Gasteiger partial charge in [-0.1, -0.05) is 24.3 Å². The fourth-order valence-electron chi connectivity index (χ4n) is 2.19.